The molecule has 0 aromatic heterocycles. The summed E-state index contributed by atoms with van der Waals surface area (Å²) in [5, 5.41) is 9.27. The highest BCUT2D eigenvalue weighted by molar-refractivity contribution is 5.55. The largest absolute Gasteiger partial charge is 0.394 e. The van der Waals surface area contributed by atoms with Crippen LogP contribution in [0.1, 0.15) is 18.1 Å². The Kier molecular flexibility index (Phi) is 4.22. The molecule has 1 aromatic rings. The number of aryl methyl sites for hydroxylation is 1. The lowest BCUT2D eigenvalue weighted by Gasteiger charge is -2.38. The van der Waals surface area contributed by atoms with Crippen molar-refractivity contribution in [2.45, 2.75) is 32.6 Å². The quantitative estimate of drug-likeness (QED) is 0.841. The van der Waals surface area contributed by atoms with Gasteiger partial charge in [-0.15, -0.1) is 0 Å². The predicted octanol–water partition coefficient (Wildman–Crippen LogP) is 1.04. The molecule has 1 saturated heterocycles. The molecule has 2 rings (SSSR count). The highest BCUT2D eigenvalue weighted by Gasteiger charge is 2.25. The van der Waals surface area contributed by atoms with Gasteiger partial charge in [0.2, 0.25) is 0 Å². The molecule has 0 aliphatic carbocycles. The number of nitrogens with zero attached hydrogens (tertiary/aromatic N) is 1. The highest BCUT2D eigenvalue weighted by atomic mass is 16.5. The molecule has 0 spiro atoms. The molecule has 1 aliphatic heterocycles. The number of rotatable bonds is 3. The van der Waals surface area contributed by atoms with Crippen LogP contribution in [0.25, 0.3) is 0 Å². The summed E-state index contributed by atoms with van der Waals surface area (Å²) in [5.74, 6) is 0. The van der Waals surface area contributed by atoms with Gasteiger partial charge in [-0.1, -0.05) is 17.7 Å². The van der Waals surface area contributed by atoms with Crippen molar-refractivity contribution in [1.29, 1.82) is 0 Å². The molecule has 2 atom stereocenters. The molecule has 3 N–H and O–H groups in total. The molecule has 1 aliphatic rings. The molecular weight excluding hydrogens is 228 g/mol. The van der Waals surface area contributed by atoms with Crippen molar-refractivity contribution in [3.05, 3.63) is 29.3 Å². The lowest BCUT2D eigenvalue weighted by atomic mass is 10.1. The zero-order chi connectivity index (χ0) is 13.1. The third-order valence-corrected chi connectivity index (χ3v) is 3.33. The first kappa shape index (κ1) is 13.3. The molecular formula is C14H22N2O2. The van der Waals surface area contributed by atoms with E-state index < -0.39 is 0 Å². The minimum Gasteiger partial charge on any atom is -0.394 e. The summed E-state index contributed by atoms with van der Waals surface area (Å²) >= 11 is 0. The van der Waals surface area contributed by atoms with Crippen molar-refractivity contribution in [3.8, 4) is 0 Å². The summed E-state index contributed by atoms with van der Waals surface area (Å²) in [6.07, 6.45) is 0.0171. The average molecular weight is 250 g/mol. The number of morpholine rings is 1. The van der Waals surface area contributed by atoms with Gasteiger partial charge in [0.15, 0.2) is 0 Å². The summed E-state index contributed by atoms with van der Waals surface area (Å²) in [6, 6.07) is 6.34. The van der Waals surface area contributed by atoms with Crippen molar-refractivity contribution in [1.82, 2.24) is 0 Å². The molecule has 100 valence electrons. The zero-order valence-electron chi connectivity index (χ0n) is 11.1. The van der Waals surface area contributed by atoms with Crippen molar-refractivity contribution < 1.29 is 9.84 Å². The first-order valence-electron chi connectivity index (χ1n) is 6.45. The Balaban J connectivity index is 2.24. The van der Waals surface area contributed by atoms with Crippen LogP contribution in [0.2, 0.25) is 0 Å². The van der Waals surface area contributed by atoms with Gasteiger partial charge in [-0.05, 0) is 25.5 Å². The van der Waals surface area contributed by atoms with E-state index in [-0.39, 0.29) is 18.8 Å². The standard InChI is InChI=1S/C14H22N2O2/c1-10-3-4-14(12(5-10)6-15)16-7-11(2)18-13(8-16)9-17/h3-5,11,13,17H,6-9,15H2,1-2H3. The van der Waals surface area contributed by atoms with Gasteiger partial charge >= 0.3 is 0 Å². The summed E-state index contributed by atoms with van der Waals surface area (Å²) in [6.45, 7) is 6.26. The first-order valence-corrected chi connectivity index (χ1v) is 6.45. The molecule has 0 bridgehead atoms. The number of benzene rings is 1. The van der Waals surface area contributed by atoms with E-state index in [4.69, 9.17) is 10.5 Å². The van der Waals surface area contributed by atoms with E-state index in [1.165, 1.54) is 5.56 Å². The fourth-order valence-corrected chi connectivity index (χ4v) is 2.53. The molecule has 1 fully saturated rings. The van der Waals surface area contributed by atoms with Gasteiger partial charge in [0.05, 0.1) is 18.8 Å². The molecule has 1 heterocycles. The van der Waals surface area contributed by atoms with Gasteiger partial charge < -0.3 is 20.5 Å². The van der Waals surface area contributed by atoms with Gasteiger partial charge in [-0.25, -0.2) is 0 Å². The Bertz CT molecular complexity index is 409. The second kappa shape index (κ2) is 5.69. The van der Waals surface area contributed by atoms with Gasteiger partial charge in [-0.2, -0.15) is 0 Å². The maximum absolute atomic E-state index is 9.27. The normalized spacial score (nSPS) is 24.3. The lowest BCUT2D eigenvalue weighted by molar-refractivity contribution is -0.0421. The fraction of sp³-hybridized carbons (Fsp3) is 0.571. The number of anilines is 1. The number of ether oxygens (including phenoxy) is 1. The number of aliphatic hydroxyl groups excluding tert-OH is 1. The van der Waals surface area contributed by atoms with Gasteiger partial charge in [-0.3, -0.25) is 0 Å². The molecule has 18 heavy (non-hydrogen) atoms. The lowest BCUT2D eigenvalue weighted by Crippen LogP contribution is -2.48. The van der Waals surface area contributed by atoms with Crippen LogP contribution in [-0.4, -0.2) is 37.0 Å². The zero-order valence-corrected chi connectivity index (χ0v) is 11.1. The smallest absolute Gasteiger partial charge is 0.0984 e. The third kappa shape index (κ3) is 2.83. The topological polar surface area (TPSA) is 58.7 Å². The van der Waals surface area contributed by atoms with E-state index in [2.05, 4.69) is 30.0 Å². The Morgan fingerprint density at radius 2 is 2.22 bits per heavy atom. The highest BCUT2D eigenvalue weighted by Crippen LogP contribution is 2.25. The summed E-state index contributed by atoms with van der Waals surface area (Å²) in [7, 11) is 0. The Hall–Kier alpha value is -1.10. The third-order valence-electron chi connectivity index (χ3n) is 3.33. The van der Waals surface area contributed by atoms with Crippen LogP contribution in [0.3, 0.4) is 0 Å². The van der Waals surface area contributed by atoms with Crippen LogP contribution >= 0.6 is 0 Å². The molecule has 0 saturated carbocycles. The summed E-state index contributed by atoms with van der Waals surface area (Å²) in [5.41, 5.74) is 9.36. The SMILES string of the molecule is Cc1ccc(N2CC(C)OC(CO)C2)c(CN)c1. The van der Waals surface area contributed by atoms with E-state index in [1.54, 1.807) is 0 Å². The summed E-state index contributed by atoms with van der Waals surface area (Å²) < 4.78 is 5.66. The summed E-state index contributed by atoms with van der Waals surface area (Å²) in [4.78, 5) is 2.26. The molecule has 0 radical (unpaired) electrons. The van der Waals surface area contributed by atoms with Gasteiger partial charge in [0.1, 0.15) is 0 Å². The van der Waals surface area contributed by atoms with Crippen LogP contribution in [0, 0.1) is 6.92 Å². The maximum Gasteiger partial charge on any atom is 0.0984 e. The monoisotopic (exact) mass is 250 g/mol. The molecule has 2 unspecified atom stereocenters. The minimum atomic E-state index is -0.110. The Labute approximate surface area is 108 Å². The van der Waals surface area contributed by atoms with E-state index >= 15 is 0 Å². The maximum atomic E-state index is 9.27. The van der Waals surface area contributed by atoms with Crippen molar-refractivity contribution >= 4 is 5.69 Å². The van der Waals surface area contributed by atoms with Crippen molar-refractivity contribution in [2.24, 2.45) is 5.73 Å². The second-order valence-corrected chi connectivity index (χ2v) is 4.99. The van der Waals surface area contributed by atoms with Crippen LogP contribution in [-0.2, 0) is 11.3 Å². The van der Waals surface area contributed by atoms with Crippen molar-refractivity contribution in [3.63, 3.8) is 0 Å². The van der Waals surface area contributed by atoms with E-state index in [0.717, 1.165) is 24.3 Å². The van der Waals surface area contributed by atoms with Gasteiger partial charge in [0, 0.05) is 25.3 Å². The number of hydrogen-bond acceptors (Lipinski definition) is 4. The number of nitrogens with two attached hydrogens (primary N) is 1. The number of hydrogen-bond donors (Lipinski definition) is 2. The predicted molar refractivity (Wildman–Crippen MR) is 72.7 cm³/mol. The Morgan fingerprint density at radius 3 is 2.89 bits per heavy atom. The van der Waals surface area contributed by atoms with Crippen LogP contribution in [0.5, 0.6) is 0 Å². The molecule has 1 aromatic carbocycles. The second-order valence-electron chi connectivity index (χ2n) is 4.99. The van der Waals surface area contributed by atoms with E-state index in [0.29, 0.717) is 6.54 Å². The number of aliphatic hydroxyl groups is 1. The van der Waals surface area contributed by atoms with Gasteiger partial charge in [0.25, 0.3) is 0 Å². The molecule has 4 nitrogen and oxygen atoms in total. The molecule has 0 amide bonds. The van der Waals surface area contributed by atoms with Crippen LogP contribution in [0.15, 0.2) is 18.2 Å². The minimum absolute atomic E-state index is 0.0602. The van der Waals surface area contributed by atoms with E-state index in [1.807, 2.05) is 6.92 Å². The van der Waals surface area contributed by atoms with Crippen molar-refractivity contribution in [2.75, 3.05) is 24.6 Å². The van der Waals surface area contributed by atoms with E-state index in [9.17, 15) is 5.11 Å². The Morgan fingerprint density at radius 1 is 1.44 bits per heavy atom. The molecule has 4 heteroatoms. The first-order chi connectivity index (χ1) is 8.63. The average Bonchev–Trinajstić information content (AvgIpc) is 2.37. The fourth-order valence-electron chi connectivity index (χ4n) is 2.53. The van der Waals surface area contributed by atoms with Crippen LogP contribution < -0.4 is 10.6 Å². The van der Waals surface area contributed by atoms with Crippen LogP contribution in [0.4, 0.5) is 5.69 Å².